The van der Waals surface area contributed by atoms with E-state index in [2.05, 4.69) is 6.92 Å². The lowest BCUT2D eigenvalue weighted by Crippen LogP contribution is -2.37. The second-order valence-corrected chi connectivity index (χ2v) is 10.3. The van der Waals surface area contributed by atoms with Gasteiger partial charge in [-0.2, -0.15) is 0 Å². The number of nitrogens with zero attached hydrogens (tertiary/aromatic N) is 2. The fourth-order valence-electron chi connectivity index (χ4n) is 4.80. The van der Waals surface area contributed by atoms with Crippen LogP contribution in [0, 0.1) is 10.1 Å². The lowest BCUT2D eigenvalue weighted by Gasteiger charge is -2.21. The van der Waals surface area contributed by atoms with Crippen molar-refractivity contribution in [2.75, 3.05) is 27.3 Å². The van der Waals surface area contributed by atoms with E-state index in [0.717, 1.165) is 19.3 Å². The minimum absolute atomic E-state index is 0.0696. The van der Waals surface area contributed by atoms with E-state index in [1.165, 1.54) is 102 Å². The van der Waals surface area contributed by atoms with Crippen LogP contribution in [0.5, 0.6) is 11.5 Å². The maximum Gasteiger partial charge on any atom is 0.323 e. The summed E-state index contributed by atoms with van der Waals surface area (Å²) in [5.41, 5.74) is 0.200. The fourth-order valence-corrected chi connectivity index (χ4v) is 4.80. The number of carboxylic acids is 1. The van der Waals surface area contributed by atoms with Crippen LogP contribution in [-0.4, -0.2) is 54.1 Å². The van der Waals surface area contributed by atoms with Crippen LogP contribution in [0.3, 0.4) is 0 Å². The highest BCUT2D eigenvalue weighted by atomic mass is 16.6. The molecule has 1 N–H and O–H groups in total. The molecule has 1 rings (SSSR count). The number of aliphatic carboxylic acids is 1. The molecule has 0 aromatic heterocycles. The van der Waals surface area contributed by atoms with E-state index in [1.54, 1.807) is 0 Å². The number of unbranched alkanes of at least 4 members (excludes halogenated alkanes) is 14. The van der Waals surface area contributed by atoms with Gasteiger partial charge in [0.1, 0.15) is 6.54 Å². The van der Waals surface area contributed by atoms with E-state index >= 15 is 0 Å². The summed E-state index contributed by atoms with van der Waals surface area (Å²) in [6.45, 7) is 1.89. The van der Waals surface area contributed by atoms with Crippen LogP contribution in [0.25, 0.3) is 0 Å². The lowest BCUT2D eigenvalue weighted by molar-refractivity contribution is -0.385. The highest BCUT2D eigenvalue weighted by Gasteiger charge is 2.22. The number of hydrogen-bond acceptors (Lipinski definition) is 6. The average molecular weight is 551 g/mol. The van der Waals surface area contributed by atoms with Gasteiger partial charge in [-0.25, -0.2) is 0 Å². The van der Waals surface area contributed by atoms with Crippen molar-refractivity contribution in [3.05, 3.63) is 27.8 Å². The van der Waals surface area contributed by atoms with E-state index < -0.39 is 17.4 Å². The average Bonchev–Trinajstić information content (AvgIpc) is 2.92. The normalized spacial score (nSPS) is 10.8. The zero-order chi connectivity index (χ0) is 28.9. The van der Waals surface area contributed by atoms with Crippen LogP contribution in [0.1, 0.15) is 115 Å². The molecule has 0 radical (unpaired) electrons. The van der Waals surface area contributed by atoms with Gasteiger partial charge in [-0.3, -0.25) is 19.7 Å². The summed E-state index contributed by atoms with van der Waals surface area (Å²) in [7, 11) is 2.83. The van der Waals surface area contributed by atoms with Crippen LogP contribution in [0.15, 0.2) is 12.1 Å². The molecule has 0 saturated heterocycles. The van der Waals surface area contributed by atoms with Crippen molar-refractivity contribution in [2.45, 2.75) is 116 Å². The maximum absolute atomic E-state index is 12.8. The molecule has 0 unspecified atom stereocenters. The highest BCUT2D eigenvalue weighted by molar-refractivity contribution is 5.81. The minimum Gasteiger partial charge on any atom is -0.493 e. The van der Waals surface area contributed by atoms with Gasteiger partial charge in [-0.1, -0.05) is 96.8 Å². The number of benzene rings is 1. The van der Waals surface area contributed by atoms with Crippen molar-refractivity contribution in [1.82, 2.24) is 4.90 Å². The van der Waals surface area contributed by atoms with Gasteiger partial charge in [0.15, 0.2) is 11.5 Å². The maximum atomic E-state index is 12.8. The molecular weight excluding hydrogens is 500 g/mol. The zero-order valence-electron chi connectivity index (χ0n) is 24.4. The molecule has 0 heterocycles. The predicted molar refractivity (Wildman–Crippen MR) is 154 cm³/mol. The third-order valence-corrected chi connectivity index (χ3v) is 7.11. The number of carbonyl (C=O) groups excluding carboxylic acids is 1. The van der Waals surface area contributed by atoms with Crippen molar-refractivity contribution < 1.29 is 29.1 Å². The molecular formula is C30H50N2O7. The highest BCUT2D eigenvalue weighted by Crippen LogP contribution is 2.34. The number of rotatable bonds is 24. The topological polar surface area (TPSA) is 119 Å². The Morgan fingerprint density at radius 1 is 0.821 bits per heavy atom. The molecule has 9 nitrogen and oxygen atoms in total. The Labute approximate surface area is 234 Å². The summed E-state index contributed by atoms with van der Waals surface area (Å²) >= 11 is 0. The molecule has 39 heavy (non-hydrogen) atoms. The summed E-state index contributed by atoms with van der Waals surface area (Å²) in [6.07, 6.45) is 18.9. The number of nitro groups is 1. The van der Waals surface area contributed by atoms with Gasteiger partial charge in [0.05, 0.1) is 25.2 Å². The number of amides is 1. The third kappa shape index (κ3) is 14.8. The molecule has 0 fully saturated rings. The van der Waals surface area contributed by atoms with Crippen molar-refractivity contribution in [2.24, 2.45) is 0 Å². The fraction of sp³-hybridized carbons (Fsp3) is 0.733. The van der Waals surface area contributed by atoms with Crippen molar-refractivity contribution >= 4 is 17.6 Å². The smallest absolute Gasteiger partial charge is 0.323 e. The third-order valence-electron chi connectivity index (χ3n) is 7.11. The molecule has 0 spiro atoms. The Bertz CT molecular complexity index is 860. The van der Waals surface area contributed by atoms with Crippen LogP contribution >= 0.6 is 0 Å². The van der Waals surface area contributed by atoms with E-state index in [-0.39, 0.29) is 36.7 Å². The van der Waals surface area contributed by atoms with Crippen molar-refractivity contribution in [1.29, 1.82) is 0 Å². The number of hydrogen-bond donors (Lipinski definition) is 1. The second-order valence-electron chi connectivity index (χ2n) is 10.3. The molecule has 1 amide bonds. The first-order valence-corrected chi connectivity index (χ1v) is 14.7. The van der Waals surface area contributed by atoms with Gasteiger partial charge in [-0.15, -0.1) is 0 Å². The zero-order valence-corrected chi connectivity index (χ0v) is 24.4. The summed E-state index contributed by atoms with van der Waals surface area (Å²) in [4.78, 5) is 36.4. The van der Waals surface area contributed by atoms with Crippen molar-refractivity contribution in [3.63, 3.8) is 0 Å². The van der Waals surface area contributed by atoms with E-state index in [4.69, 9.17) is 9.47 Å². The lowest BCUT2D eigenvalue weighted by atomic mass is 10.0. The molecule has 0 aliphatic carbocycles. The first-order valence-electron chi connectivity index (χ1n) is 14.7. The Balaban J connectivity index is 2.35. The number of nitro benzene ring substituents is 1. The minimum atomic E-state index is -1.11. The summed E-state index contributed by atoms with van der Waals surface area (Å²) < 4.78 is 10.4. The molecule has 0 aliphatic heterocycles. The molecule has 1 aromatic carbocycles. The van der Waals surface area contributed by atoms with E-state index in [1.807, 2.05) is 0 Å². The molecule has 0 saturated carbocycles. The van der Waals surface area contributed by atoms with Gasteiger partial charge in [-0.05, 0) is 18.9 Å². The first-order chi connectivity index (χ1) is 18.8. The quantitative estimate of drug-likeness (QED) is 0.0813. The van der Waals surface area contributed by atoms with Gasteiger partial charge in [0, 0.05) is 18.5 Å². The molecule has 0 aliphatic rings. The Hall–Kier alpha value is -2.84. The standard InChI is InChI=1S/C30H50N2O7/c1-4-5-6-7-8-9-10-11-12-13-14-15-16-17-18-19-29(33)31(24-30(34)35)21-20-25-22-27(38-2)28(39-3)23-26(25)32(36)37/h22-23H,4-21,24H2,1-3H3,(H,34,35). The van der Waals surface area contributed by atoms with E-state index in [0.29, 0.717) is 17.7 Å². The van der Waals surface area contributed by atoms with Crippen LogP contribution in [0.4, 0.5) is 5.69 Å². The Morgan fingerprint density at radius 2 is 1.28 bits per heavy atom. The van der Waals surface area contributed by atoms with Crippen LogP contribution in [0.2, 0.25) is 0 Å². The largest absolute Gasteiger partial charge is 0.493 e. The van der Waals surface area contributed by atoms with Crippen LogP contribution in [-0.2, 0) is 16.0 Å². The molecule has 0 bridgehead atoms. The first kappa shape index (κ1) is 34.2. The van der Waals surface area contributed by atoms with E-state index in [9.17, 15) is 24.8 Å². The summed E-state index contributed by atoms with van der Waals surface area (Å²) in [6, 6.07) is 2.79. The van der Waals surface area contributed by atoms with Gasteiger partial charge >= 0.3 is 5.97 Å². The summed E-state index contributed by atoms with van der Waals surface area (Å²) in [5, 5.41) is 20.8. The number of methoxy groups -OCH3 is 2. The molecule has 1 aromatic rings. The predicted octanol–water partition coefficient (Wildman–Crippen LogP) is 7.33. The number of carboxylic acid groups (broad SMARTS) is 1. The van der Waals surface area contributed by atoms with Crippen molar-refractivity contribution in [3.8, 4) is 11.5 Å². The monoisotopic (exact) mass is 550 g/mol. The molecule has 0 atom stereocenters. The van der Waals surface area contributed by atoms with Gasteiger partial charge < -0.3 is 19.5 Å². The SMILES string of the molecule is CCCCCCCCCCCCCCCCCC(=O)N(CCc1cc(OC)c(OC)cc1[N+](=O)[O-])CC(=O)O. The van der Waals surface area contributed by atoms with Crippen LogP contribution < -0.4 is 9.47 Å². The molecule has 222 valence electrons. The van der Waals surface area contributed by atoms with Gasteiger partial charge in [0.2, 0.25) is 5.91 Å². The Morgan fingerprint density at radius 3 is 1.72 bits per heavy atom. The Kier molecular flexibility index (Phi) is 18.4. The van der Waals surface area contributed by atoms with Gasteiger partial charge in [0.25, 0.3) is 5.69 Å². The molecule has 9 heteroatoms. The number of carbonyl (C=O) groups is 2. The number of ether oxygens (including phenoxy) is 2. The summed E-state index contributed by atoms with van der Waals surface area (Å²) in [5.74, 6) is -0.775. The second kappa shape index (κ2) is 21.0.